The monoisotopic (exact) mass is 233 g/mol. The molecule has 1 aromatic carbocycles. The van der Waals surface area contributed by atoms with E-state index in [9.17, 15) is 9.90 Å². The second-order valence-electron chi connectivity index (χ2n) is 4.94. The molecule has 1 amide bonds. The second kappa shape index (κ2) is 4.49. The van der Waals surface area contributed by atoms with Gasteiger partial charge in [-0.25, -0.2) is 0 Å². The van der Waals surface area contributed by atoms with Crippen molar-refractivity contribution in [3.8, 4) is 0 Å². The molecule has 1 aromatic rings. The summed E-state index contributed by atoms with van der Waals surface area (Å²) in [6, 6.07) is 6.31. The van der Waals surface area contributed by atoms with E-state index in [0.29, 0.717) is 6.54 Å². The molecular weight excluding hydrogens is 214 g/mol. The standard InChI is InChI=1S/C14H19NO2/c1-9-4-5-13(10(2)6-9)11(3)15-8-12(16)7-14(15)17/h4-6,11-12,16H,7-8H2,1-3H3. The highest BCUT2D eigenvalue weighted by atomic mass is 16.3. The summed E-state index contributed by atoms with van der Waals surface area (Å²) in [5, 5.41) is 9.52. The summed E-state index contributed by atoms with van der Waals surface area (Å²) in [6.07, 6.45) is -0.245. The van der Waals surface area contributed by atoms with Gasteiger partial charge in [0.15, 0.2) is 0 Å². The molecule has 0 spiro atoms. The van der Waals surface area contributed by atoms with Crippen molar-refractivity contribution in [2.45, 2.75) is 39.3 Å². The van der Waals surface area contributed by atoms with Gasteiger partial charge in [-0.15, -0.1) is 0 Å². The van der Waals surface area contributed by atoms with Gasteiger partial charge in [0.1, 0.15) is 0 Å². The highest BCUT2D eigenvalue weighted by Crippen LogP contribution is 2.28. The van der Waals surface area contributed by atoms with Crippen molar-refractivity contribution in [3.05, 3.63) is 34.9 Å². The number of aliphatic hydroxyl groups excluding tert-OH is 1. The highest BCUT2D eigenvalue weighted by molar-refractivity contribution is 5.79. The second-order valence-corrected chi connectivity index (χ2v) is 4.94. The zero-order chi connectivity index (χ0) is 12.6. The fraction of sp³-hybridized carbons (Fsp3) is 0.500. The van der Waals surface area contributed by atoms with Crippen LogP contribution in [-0.2, 0) is 4.79 Å². The van der Waals surface area contributed by atoms with E-state index in [1.165, 1.54) is 11.1 Å². The third-order valence-corrected chi connectivity index (χ3v) is 3.48. The Hall–Kier alpha value is -1.35. The topological polar surface area (TPSA) is 40.5 Å². The van der Waals surface area contributed by atoms with E-state index in [0.717, 1.165) is 5.56 Å². The summed E-state index contributed by atoms with van der Waals surface area (Å²) in [5.41, 5.74) is 3.59. The molecular formula is C14H19NO2. The smallest absolute Gasteiger partial charge is 0.225 e. The Balaban J connectivity index is 2.25. The normalized spacial score (nSPS) is 22.0. The number of likely N-dealkylation sites (tertiary alicyclic amines) is 1. The van der Waals surface area contributed by atoms with Crippen LogP contribution in [-0.4, -0.2) is 28.6 Å². The molecule has 0 aromatic heterocycles. The van der Waals surface area contributed by atoms with Gasteiger partial charge in [-0.1, -0.05) is 23.8 Å². The summed E-state index contributed by atoms with van der Waals surface area (Å²) < 4.78 is 0. The number of rotatable bonds is 2. The third-order valence-electron chi connectivity index (χ3n) is 3.48. The van der Waals surface area contributed by atoms with Gasteiger partial charge in [-0.2, -0.15) is 0 Å². The van der Waals surface area contributed by atoms with Crippen molar-refractivity contribution < 1.29 is 9.90 Å². The fourth-order valence-corrected chi connectivity index (χ4v) is 2.55. The molecule has 17 heavy (non-hydrogen) atoms. The zero-order valence-electron chi connectivity index (χ0n) is 10.6. The largest absolute Gasteiger partial charge is 0.391 e. The Bertz CT molecular complexity index is 442. The fourth-order valence-electron chi connectivity index (χ4n) is 2.55. The first-order chi connectivity index (χ1) is 7.99. The summed E-state index contributed by atoms with van der Waals surface area (Å²) in [7, 11) is 0. The van der Waals surface area contributed by atoms with Gasteiger partial charge in [0.25, 0.3) is 0 Å². The molecule has 0 saturated carbocycles. The van der Waals surface area contributed by atoms with Gasteiger partial charge >= 0.3 is 0 Å². The zero-order valence-corrected chi connectivity index (χ0v) is 10.6. The number of nitrogens with zero attached hydrogens (tertiary/aromatic N) is 1. The number of aliphatic hydroxyl groups is 1. The van der Waals surface area contributed by atoms with E-state index in [-0.39, 0.29) is 18.4 Å². The lowest BCUT2D eigenvalue weighted by Crippen LogP contribution is -2.29. The SMILES string of the molecule is Cc1ccc(C(C)N2CC(O)CC2=O)c(C)c1. The molecule has 1 aliphatic heterocycles. The summed E-state index contributed by atoms with van der Waals surface area (Å²) in [5.74, 6) is 0.0463. The first-order valence-electron chi connectivity index (χ1n) is 6.03. The highest BCUT2D eigenvalue weighted by Gasteiger charge is 2.32. The molecule has 0 aliphatic carbocycles. The van der Waals surface area contributed by atoms with Crippen molar-refractivity contribution >= 4 is 5.91 Å². The van der Waals surface area contributed by atoms with Gasteiger partial charge < -0.3 is 10.0 Å². The molecule has 2 rings (SSSR count). The van der Waals surface area contributed by atoms with Crippen LogP contribution in [0.15, 0.2) is 18.2 Å². The number of hydrogen-bond donors (Lipinski definition) is 1. The number of carbonyl (C=O) groups is 1. The Labute approximate surface area is 102 Å². The molecule has 2 unspecified atom stereocenters. The molecule has 0 radical (unpaired) electrons. The van der Waals surface area contributed by atoms with Crippen molar-refractivity contribution in [1.82, 2.24) is 4.90 Å². The first kappa shape index (κ1) is 12.1. The minimum atomic E-state index is -0.504. The molecule has 1 saturated heterocycles. The average Bonchev–Trinajstić information content (AvgIpc) is 2.57. The molecule has 3 heteroatoms. The van der Waals surface area contributed by atoms with Crippen LogP contribution in [0.2, 0.25) is 0 Å². The molecule has 0 bridgehead atoms. The van der Waals surface area contributed by atoms with Crippen LogP contribution in [0.25, 0.3) is 0 Å². The van der Waals surface area contributed by atoms with E-state index >= 15 is 0 Å². The Kier molecular flexibility index (Phi) is 3.20. The van der Waals surface area contributed by atoms with Crippen molar-refractivity contribution in [2.24, 2.45) is 0 Å². The number of amides is 1. The van der Waals surface area contributed by atoms with Crippen LogP contribution in [0.5, 0.6) is 0 Å². The summed E-state index contributed by atoms with van der Waals surface area (Å²) in [6.45, 7) is 6.60. The predicted molar refractivity (Wildman–Crippen MR) is 66.7 cm³/mol. The molecule has 3 nitrogen and oxygen atoms in total. The van der Waals surface area contributed by atoms with Crippen LogP contribution < -0.4 is 0 Å². The molecule has 1 aliphatic rings. The molecule has 1 N–H and O–H groups in total. The van der Waals surface area contributed by atoms with E-state index in [1.807, 2.05) is 6.92 Å². The van der Waals surface area contributed by atoms with Gasteiger partial charge in [0.2, 0.25) is 5.91 Å². The maximum Gasteiger partial charge on any atom is 0.225 e. The maximum absolute atomic E-state index is 11.7. The van der Waals surface area contributed by atoms with E-state index in [1.54, 1.807) is 4.90 Å². The quantitative estimate of drug-likeness (QED) is 0.848. The molecule has 1 fully saturated rings. The van der Waals surface area contributed by atoms with Crippen molar-refractivity contribution in [1.29, 1.82) is 0 Å². The van der Waals surface area contributed by atoms with E-state index in [2.05, 4.69) is 32.0 Å². The van der Waals surface area contributed by atoms with E-state index < -0.39 is 6.10 Å². The Morgan fingerprint density at radius 3 is 2.65 bits per heavy atom. The number of aryl methyl sites for hydroxylation is 2. The molecule has 1 heterocycles. The van der Waals surface area contributed by atoms with Crippen LogP contribution in [0.3, 0.4) is 0 Å². The summed E-state index contributed by atoms with van der Waals surface area (Å²) >= 11 is 0. The van der Waals surface area contributed by atoms with Gasteiger partial charge in [0, 0.05) is 6.54 Å². The van der Waals surface area contributed by atoms with Crippen LogP contribution in [0.1, 0.15) is 36.1 Å². The van der Waals surface area contributed by atoms with E-state index in [4.69, 9.17) is 0 Å². The van der Waals surface area contributed by atoms with Crippen LogP contribution in [0, 0.1) is 13.8 Å². The third kappa shape index (κ3) is 2.34. The average molecular weight is 233 g/mol. The lowest BCUT2D eigenvalue weighted by atomic mass is 9.99. The van der Waals surface area contributed by atoms with Crippen molar-refractivity contribution in [3.63, 3.8) is 0 Å². The number of β-amino-alcohol motifs (C(OH)–C–C–N with tert-alkyl or cyclic N) is 1. The lowest BCUT2D eigenvalue weighted by molar-refractivity contribution is -0.129. The number of hydrogen-bond acceptors (Lipinski definition) is 2. The minimum Gasteiger partial charge on any atom is -0.391 e. The number of carbonyl (C=O) groups excluding carboxylic acids is 1. The van der Waals surface area contributed by atoms with Crippen molar-refractivity contribution in [2.75, 3.05) is 6.54 Å². The minimum absolute atomic E-state index is 0.0419. The van der Waals surface area contributed by atoms with Crippen LogP contribution in [0.4, 0.5) is 0 Å². The summed E-state index contributed by atoms with van der Waals surface area (Å²) in [4.78, 5) is 13.5. The van der Waals surface area contributed by atoms with Crippen LogP contribution >= 0.6 is 0 Å². The number of benzene rings is 1. The Morgan fingerprint density at radius 1 is 1.41 bits per heavy atom. The van der Waals surface area contributed by atoms with Gasteiger partial charge in [-0.05, 0) is 31.9 Å². The first-order valence-corrected chi connectivity index (χ1v) is 6.03. The maximum atomic E-state index is 11.7. The predicted octanol–water partition coefficient (Wildman–Crippen LogP) is 1.96. The van der Waals surface area contributed by atoms with Gasteiger partial charge in [0.05, 0.1) is 18.6 Å². The molecule has 92 valence electrons. The van der Waals surface area contributed by atoms with Gasteiger partial charge in [-0.3, -0.25) is 4.79 Å². The molecule has 2 atom stereocenters. The lowest BCUT2D eigenvalue weighted by Gasteiger charge is -2.26. The Morgan fingerprint density at radius 2 is 2.12 bits per heavy atom.